The number of ether oxygens (including phenoxy) is 7. The molecule has 10 bridgehead atoms. The third kappa shape index (κ3) is 15.6. The average Bonchev–Trinajstić information content (AvgIpc) is 4.20. The molecule has 9 heteroatoms. The van der Waals surface area contributed by atoms with Gasteiger partial charge in [-0.15, -0.1) is 22.7 Å². The predicted octanol–water partition coefficient (Wildman–Crippen LogP) is 17.1. The molecule has 0 N–H and O–H groups in total. The molecule has 0 amide bonds. The molecule has 78 heavy (non-hydrogen) atoms. The molecule has 0 radical (unpaired) electrons. The summed E-state index contributed by atoms with van der Waals surface area (Å²) >= 11 is 3.70. The van der Waals surface area contributed by atoms with Gasteiger partial charge in [0.05, 0.1) is 52.9 Å². The van der Waals surface area contributed by atoms with Crippen molar-refractivity contribution in [3.05, 3.63) is 150 Å². The van der Waals surface area contributed by atoms with E-state index in [0.29, 0.717) is 91.8 Å². The molecule has 0 saturated heterocycles. The molecule has 3 heterocycles. The smallest absolute Gasteiger partial charge is 0.126 e. The standard InChI is InChI=1S/C69H92O7S2/c1-14-23-73-61-48-35-52-43-58(68(8,9)10)45-54-37-50-41-57(67(5,6)7)42-51(62(50)74-24-18-16-15-17-20-47-22-34-78-65(47)60-21-19-33-77-60)38-55-46-59(69(11,12)13)44-53(36-49(61)40-56(39-48)66(2,3)4)64(55)76-32-30-72-28-26-70-25-27-71-29-31-75-63(52)54/h19,21-22,33-34,39-46H,14-18,20,23-32,35-38H2,1-13H3. The van der Waals surface area contributed by atoms with E-state index in [9.17, 15) is 0 Å². The van der Waals surface area contributed by atoms with E-state index in [2.05, 4.69) is 167 Å². The largest absolute Gasteiger partial charge is 0.493 e. The van der Waals surface area contributed by atoms with E-state index in [1.807, 2.05) is 22.7 Å². The van der Waals surface area contributed by atoms with Crippen molar-refractivity contribution in [1.82, 2.24) is 0 Å². The number of rotatable bonds is 12. The minimum Gasteiger partial charge on any atom is -0.493 e. The van der Waals surface area contributed by atoms with Gasteiger partial charge in [-0.3, -0.25) is 0 Å². The van der Waals surface area contributed by atoms with Gasteiger partial charge >= 0.3 is 0 Å². The number of benzene rings is 4. The maximum atomic E-state index is 7.35. The van der Waals surface area contributed by atoms with Crippen molar-refractivity contribution in [2.75, 3.05) is 66.1 Å². The van der Waals surface area contributed by atoms with E-state index in [4.69, 9.17) is 33.2 Å². The molecule has 0 atom stereocenters. The normalized spacial score (nSPS) is 15.3. The van der Waals surface area contributed by atoms with Crippen LogP contribution in [0.25, 0.3) is 9.75 Å². The second-order valence-electron chi connectivity index (χ2n) is 25.8. The first kappa shape index (κ1) is 59.5. The fourth-order valence-corrected chi connectivity index (χ4v) is 12.5. The lowest BCUT2D eigenvalue weighted by atomic mass is 9.79. The van der Waals surface area contributed by atoms with Gasteiger partial charge in [-0.1, -0.05) is 157 Å². The van der Waals surface area contributed by atoms with Crippen LogP contribution in [0.3, 0.4) is 0 Å². The highest BCUT2D eigenvalue weighted by atomic mass is 32.1. The Bertz CT molecular complexity index is 2770. The summed E-state index contributed by atoms with van der Waals surface area (Å²) in [5.41, 5.74) is 15.3. The Balaban J connectivity index is 1.33. The molecule has 7 nitrogen and oxygen atoms in total. The summed E-state index contributed by atoms with van der Waals surface area (Å²) in [4.78, 5) is 2.80. The monoisotopic (exact) mass is 1100 g/mol. The first-order valence-electron chi connectivity index (χ1n) is 29.2. The van der Waals surface area contributed by atoms with Crippen LogP contribution in [-0.4, -0.2) is 66.1 Å². The lowest BCUT2D eigenvalue weighted by Gasteiger charge is -2.29. The van der Waals surface area contributed by atoms with Crippen molar-refractivity contribution in [2.24, 2.45) is 0 Å². The number of hydrogen-bond donors (Lipinski definition) is 0. The summed E-state index contributed by atoms with van der Waals surface area (Å²) in [5.74, 6) is 3.75. The molecule has 0 fully saturated rings. The summed E-state index contributed by atoms with van der Waals surface area (Å²) in [7, 11) is 0. The second-order valence-corrected chi connectivity index (χ2v) is 27.7. The highest BCUT2D eigenvalue weighted by Crippen LogP contribution is 2.45. The molecule has 1 aliphatic heterocycles. The molecule has 1 aliphatic carbocycles. The van der Waals surface area contributed by atoms with Gasteiger partial charge in [0, 0.05) is 35.4 Å². The predicted molar refractivity (Wildman–Crippen MR) is 326 cm³/mol. The van der Waals surface area contributed by atoms with E-state index < -0.39 is 0 Å². The summed E-state index contributed by atoms with van der Waals surface area (Å²) in [6, 6.07) is 26.1. The highest BCUT2D eigenvalue weighted by Gasteiger charge is 2.30. The Kier molecular flexibility index (Phi) is 20.1. The Hall–Kier alpha value is -4.64. The zero-order valence-electron chi connectivity index (χ0n) is 49.8. The van der Waals surface area contributed by atoms with Crippen LogP contribution in [0.5, 0.6) is 23.0 Å². The number of hydrogen-bond acceptors (Lipinski definition) is 9. The van der Waals surface area contributed by atoms with E-state index >= 15 is 0 Å². The first-order valence-corrected chi connectivity index (χ1v) is 30.9. The Morgan fingerprint density at radius 1 is 0.423 bits per heavy atom. The Labute approximate surface area is 477 Å². The maximum absolute atomic E-state index is 7.35. The van der Waals surface area contributed by atoms with Crippen LogP contribution in [0, 0.1) is 0 Å². The fourth-order valence-electron chi connectivity index (χ4n) is 10.6. The lowest BCUT2D eigenvalue weighted by Crippen LogP contribution is -2.19. The quantitative estimate of drug-likeness (QED) is 0.113. The fraction of sp³-hybridized carbons (Fsp3) is 0.536. The third-order valence-corrected chi connectivity index (χ3v) is 17.2. The molecule has 2 aliphatic rings. The van der Waals surface area contributed by atoms with Gasteiger partial charge < -0.3 is 33.2 Å². The SMILES string of the molecule is CCCOc1c2cc(C(C)(C)C)cc1Cc1cc(C(C)(C)C)cc3c1OCCOCCOCCOCCOc1c(cc(C(C)(C)C)cc1Cc1cc(C(C)(C)C)cc(c1OCCCCCCc1ccsc1-c1cccs1)C3)C2. The zero-order chi connectivity index (χ0) is 55.7. The first-order chi connectivity index (χ1) is 37.2. The van der Waals surface area contributed by atoms with Crippen molar-refractivity contribution in [3.8, 4) is 32.8 Å². The van der Waals surface area contributed by atoms with Crippen LogP contribution in [-0.2, 0) is 68.0 Å². The Morgan fingerprint density at radius 3 is 1.19 bits per heavy atom. The van der Waals surface area contributed by atoms with Crippen LogP contribution >= 0.6 is 22.7 Å². The molecule has 6 aromatic rings. The van der Waals surface area contributed by atoms with Crippen LogP contribution in [0.4, 0.5) is 0 Å². The van der Waals surface area contributed by atoms with Gasteiger partial charge in [0.15, 0.2) is 0 Å². The zero-order valence-corrected chi connectivity index (χ0v) is 51.5. The van der Waals surface area contributed by atoms with Gasteiger partial charge in [0.1, 0.15) is 36.2 Å². The van der Waals surface area contributed by atoms with Crippen LogP contribution in [0.1, 0.15) is 194 Å². The molecular formula is C69H92O7S2. The molecule has 0 unspecified atom stereocenters. The van der Waals surface area contributed by atoms with Crippen LogP contribution in [0.15, 0.2) is 77.5 Å². The summed E-state index contributed by atoms with van der Waals surface area (Å²) in [6.07, 6.45) is 8.89. The Morgan fingerprint density at radius 2 is 0.808 bits per heavy atom. The molecular weight excluding hydrogens is 1000 g/mol. The molecule has 422 valence electrons. The average molecular weight is 1100 g/mol. The minimum atomic E-state index is -0.143. The summed E-state index contributed by atoms with van der Waals surface area (Å²) in [6.45, 7) is 34.9. The summed E-state index contributed by atoms with van der Waals surface area (Å²) < 4.78 is 47.0. The van der Waals surface area contributed by atoms with E-state index in [1.165, 1.54) is 48.7 Å². The van der Waals surface area contributed by atoms with Crippen molar-refractivity contribution in [2.45, 2.75) is 176 Å². The molecule has 0 saturated carbocycles. The number of fused-ring (bicyclic) bond motifs is 2. The summed E-state index contributed by atoms with van der Waals surface area (Å²) in [5, 5.41) is 4.43. The van der Waals surface area contributed by atoms with Crippen molar-refractivity contribution in [1.29, 1.82) is 0 Å². The van der Waals surface area contributed by atoms with Gasteiger partial charge in [-0.2, -0.15) is 0 Å². The number of aryl methyl sites for hydroxylation is 1. The van der Waals surface area contributed by atoms with Gasteiger partial charge in [0.2, 0.25) is 0 Å². The minimum absolute atomic E-state index is 0.130. The van der Waals surface area contributed by atoms with Gasteiger partial charge in [-0.05, 0) is 143 Å². The second kappa shape index (κ2) is 26.3. The van der Waals surface area contributed by atoms with Crippen molar-refractivity contribution in [3.63, 3.8) is 0 Å². The maximum Gasteiger partial charge on any atom is 0.126 e. The van der Waals surface area contributed by atoms with E-state index in [-0.39, 0.29) is 21.7 Å². The topological polar surface area (TPSA) is 64.6 Å². The molecule has 2 aromatic heterocycles. The highest BCUT2D eigenvalue weighted by molar-refractivity contribution is 7.20. The van der Waals surface area contributed by atoms with Crippen molar-refractivity contribution < 1.29 is 33.2 Å². The molecule has 8 rings (SSSR count). The van der Waals surface area contributed by atoms with E-state index in [1.54, 1.807) is 0 Å². The van der Waals surface area contributed by atoms with Crippen molar-refractivity contribution >= 4 is 22.7 Å². The lowest BCUT2D eigenvalue weighted by molar-refractivity contribution is 0.00484. The van der Waals surface area contributed by atoms with Crippen LogP contribution in [0.2, 0.25) is 0 Å². The van der Waals surface area contributed by atoms with E-state index in [0.717, 1.165) is 94.9 Å². The van der Waals surface area contributed by atoms with Gasteiger partial charge in [0.25, 0.3) is 0 Å². The van der Waals surface area contributed by atoms with Crippen LogP contribution < -0.4 is 18.9 Å². The van der Waals surface area contributed by atoms with Gasteiger partial charge in [-0.25, -0.2) is 0 Å². The number of thiophene rings is 2. The number of unbranched alkanes of at least 4 members (excludes halogenated alkanes) is 3. The molecule has 4 aromatic carbocycles. The third-order valence-electron chi connectivity index (χ3n) is 15.2. The molecule has 0 spiro atoms.